The third-order valence-electron chi connectivity index (χ3n) is 14.6. The summed E-state index contributed by atoms with van der Waals surface area (Å²) in [5.74, 6) is 4.51. The van der Waals surface area contributed by atoms with Gasteiger partial charge in [0.05, 0.1) is 5.56 Å². The maximum Gasteiger partial charge on any atom is 0.167 e. The summed E-state index contributed by atoms with van der Waals surface area (Å²) < 4.78 is 17.6. The van der Waals surface area contributed by atoms with Gasteiger partial charge in [0, 0.05) is 33.2 Å². The minimum atomic E-state index is -0.452. The third-order valence-corrected chi connectivity index (χ3v) is 14.6. The van der Waals surface area contributed by atoms with E-state index in [0.29, 0.717) is 58.0 Å². The third kappa shape index (κ3) is 6.75. The summed E-state index contributed by atoms with van der Waals surface area (Å²) in [7, 11) is 0. The first kappa shape index (κ1) is 40.0. The van der Waals surface area contributed by atoms with Crippen molar-refractivity contribution in [3.63, 3.8) is 0 Å². The van der Waals surface area contributed by atoms with Crippen LogP contribution in [0.1, 0.15) is 50.7 Å². The van der Waals surface area contributed by atoms with Crippen molar-refractivity contribution in [3.05, 3.63) is 193 Å². The smallest absolute Gasteiger partial charge is 0.167 e. The van der Waals surface area contributed by atoms with Crippen molar-refractivity contribution in [2.75, 3.05) is 0 Å². The minimum Gasteiger partial charge on any atom is -0.208 e. The van der Waals surface area contributed by atoms with Crippen molar-refractivity contribution >= 4 is 0 Å². The zero-order chi connectivity index (χ0) is 44.4. The van der Waals surface area contributed by atoms with Crippen LogP contribution in [-0.2, 0) is 5.41 Å². The number of benzene rings is 7. The van der Waals surface area contributed by atoms with E-state index in [9.17, 15) is 0 Å². The van der Waals surface area contributed by atoms with Crippen LogP contribution >= 0.6 is 0 Å². The van der Waals surface area contributed by atoms with Crippen LogP contribution in [0.25, 0.3) is 90.6 Å². The van der Waals surface area contributed by atoms with Crippen LogP contribution in [-0.4, -0.2) is 29.9 Å². The Morgan fingerprint density at radius 2 is 0.848 bits per heavy atom. The molecule has 0 radical (unpaired) electrons. The molecule has 0 amide bonds. The Morgan fingerprint density at radius 3 is 1.39 bits per heavy atom. The topological polar surface area (TPSA) is 77.3 Å². The summed E-state index contributed by atoms with van der Waals surface area (Å²) in [5.41, 5.74) is 11.0. The highest BCUT2D eigenvalue weighted by Gasteiger charge is 2.56. The van der Waals surface area contributed by atoms with Crippen molar-refractivity contribution in [2.24, 2.45) is 23.7 Å². The van der Waals surface area contributed by atoms with E-state index in [1.807, 2.05) is 127 Å². The van der Waals surface area contributed by atoms with Crippen LogP contribution in [0.15, 0.2) is 176 Å². The highest BCUT2D eigenvalue weighted by atomic mass is 19.1. The molecule has 12 rings (SSSR count). The highest BCUT2D eigenvalue weighted by molar-refractivity contribution is 5.90. The van der Waals surface area contributed by atoms with Crippen LogP contribution in [0, 0.1) is 29.5 Å². The monoisotopic (exact) mass is 858 g/mol. The van der Waals surface area contributed by atoms with Gasteiger partial charge in [-0.3, -0.25) is 0 Å². The van der Waals surface area contributed by atoms with Crippen molar-refractivity contribution in [1.29, 1.82) is 0 Å². The number of rotatable bonds is 7. The fraction of sp³-hybridized carbons (Fsp3) is 0.186. The Kier molecular flexibility index (Phi) is 9.81. The second-order valence-corrected chi connectivity index (χ2v) is 18.6. The molecule has 2 saturated carbocycles. The van der Waals surface area contributed by atoms with Crippen molar-refractivity contribution in [1.82, 2.24) is 29.9 Å². The van der Waals surface area contributed by atoms with Gasteiger partial charge in [0.1, 0.15) is 5.82 Å². The first-order valence-electron chi connectivity index (χ1n) is 23.2. The lowest BCUT2D eigenvalue weighted by Gasteiger charge is -2.54. The van der Waals surface area contributed by atoms with E-state index in [2.05, 4.69) is 56.3 Å². The Labute approximate surface area is 384 Å². The van der Waals surface area contributed by atoms with E-state index in [-0.39, 0.29) is 16.8 Å². The molecule has 5 unspecified atom stereocenters. The molecule has 0 aliphatic heterocycles. The summed E-state index contributed by atoms with van der Waals surface area (Å²) in [6.45, 7) is 4.93. The molecule has 5 atom stereocenters. The van der Waals surface area contributed by atoms with Crippen LogP contribution in [0.3, 0.4) is 0 Å². The predicted octanol–water partition coefficient (Wildman–Crippen LogP) is 14.2. The van der Waals surface area contributed by atoms with Crippen LogP contribution in [0.2, 0.25) is 0 Å². The summed E-state index contributed by atoms with van der Waals surface area (Å²) >= 11 is 0. The average Bonchev–Trinajstić information content (AvgIpc) is 3.67. The Morgan fingerprint density at radius 1 is 0.379 bits per heavy atom. The Bertz CT molecular complexity index is 3150. The summed E-state index contributed by atoms with van der Waals surface area (Å²) in [6, 6.07) is 58.8. The van der Waals surface area contributed by atoms with E-state index in [4.69, 9.17) is 29.9 Å². The lowest BCUT2D eigenvalue weighted by atomic mass is 9.49. The van der Waals surface area contributed by atoms with Gasteiger partial charge < -0.3 is 0 Å². The molecule has 1 spiro atoms. The molecule has 3 aliphatic carbocycles. The van der Waals surface area contributed by atoms with E-state index in [1.165, 1.54) is 47.9 Å². The number of hydrogen-bond donors (Lipinski definition) is 0. The van der Waals surface area contributed by atoms with Gasteiger partial charge in [0.2, 0.25) is 0 Å². The van der Waals surface area contributed by atoms with Crippen molar-refractivity contribution < 1.29 is 4.39 Å². The number of hydrogen-bond acceptors (Lipinski definition) is 6. The first-order valence-corrected chi connectivity index (χ1v) is 23.2. The summed E-state index contributed by atoms with van der Waals surface area (Å²) in [6.07, 6.45) is 4.94. The maximum absolute atomic E-state index is 17.6. The number of fused-ring (bicyclic) bond motifs is 8. The number of halogens is 1. The van der Waals surface area contributed by atoms with Gasteiger partial charge in [-0.25, -0.2) is 34.3 Å². The number of nitrogens with zero attached hydrogens (tertiary/aromatic N) is 6. The average molecular weight is 859 g/mol. The molecular weight excluding hydrogens is 812 g/mol. The van der Waals surface area contributed by atoms with E-state index in [1.54, 1.807) is 6.07 Å². The standard InChI is InChI=1S/C59H47FN6/c1-36-29-38-31-37(2)59(44(30-36)32-38)50-26-16-15-25-45(50)46-28-27-43(33-51(46)59)47-35-52(60)49(58-65-55(41-21-11-5-12-22-41)62-56(66-58)42-23-13-6-14-24-42)34-48(47)57-63-53(39-17-7-3-8-18-39)61-54(64-57)40-19-9-4-10-20-40/h3-28,33-38,44H,29-32H2,1-2H3. The van der Waals surface area contributed by atoms with Crippen molar-refractivity contribution in [2.45, 2.75) is 44.9 Å². The van der Waals surface area contributed by atoms with Gasteiger partial charge in [-0.05, 0) is 101 Å². The minimum absolute atomic E-state index is 0.146. The molecule has 2 fully saturated rings. The van der Waals surface area contributed by atoms with E-state index in [0.717, 1.165) is 33.7 Å². The zero-order valence-corrected chi connectivity index (χ0v) is 36.9. The van der Waals surface area contributed by atoms with E-state index >= 15 is 4.39 Å². The molecule has 2 heterocycles. The molecule has 3 aliphatic rings. The lowest BCUT2D eigenvalue weighted by molar-refractivity contribution is 0.0426. The predicted molar refractivity (Wildman–Crippen MR) is 261 cm³/mol. The quantitative estimate of drug-likeness (QED) is 0.159. The first-order chi connectivity index (χ1) is 32.4. The zero-order valence-electron chi connectivity index (χ0n) is 36.9. The van der Waals surface area contributed by atoms with Crippen LogP contribution in [0.4, 0.5) is 4.39 Å². The highest BCUT2D eigenvalue weighted by Crippen LogP contribution is 2.65. The fourth-order valence-corrected chi connectivity index (χ4v) is 11.9. The van der Waals surface area contributed by atoms with E-state index < -0.39 is 5.82 Å². The fourth-order valence-electron chi connectivity index (χ4n) is 11.9. The molecule has 320 valence electrons. The normalized spacial score (nSPS) is 20.5. The molecule has 2 aromatic heterocycles. The van der Waals surface area contributed by atoms with Gasteiger partial charge in [-0.15, -0.1) is 0 Å². The molecule has 6 nitrogen and oxygen atoms in total. The van der Waals surface area contributed by atoms with Gasteiger partial charge >= 0.3 is 0 Å². The maximum atomic E-state index is 17.6. The molecule has 0 N–H and O–H groups in total. The molecule has 2 bridgehead atoms. The molecule has 0 saturated heterocycles. The Balaban J connectivity index is 1.12. The van der Waals surface area contributed by atoms with Crippen molar-refractivity contribution in [3.8, 4) is 90.6 Å². The molecule has 9 aromatic rings. The van der Waals surface area contributed by atoms with Gasteiger partial charge in [0.15, 0.2) is 34.9 Å². The lowest BCUT2D eigenvalue weighted by Crippen LogP contribution is -2.49. The van der Waals surface area contributed by atoms with Gasteiger partial charge in [-0.1, -0.05) is 172 Å². The van der Waals surface area contributed by atoms with Crippen LogP contribution in [0.5, 0.6) is 0 Å². The second kappa shape index (κ2) is 16.2. The SMILES string of the molecule is CC1CC2CC(C)C3(c4ccccc4-c4ccc(-c5cc(F)c(-c6nc(-c7ccccc7)nc(-c7ccccc7)n6)cc5-c5nc(-c6ccccc6)nc(-c6ccccc6)n5)cc43)C(C1)C2. The molecule has 7 aromatic carbocycles. The van der Waals surface area contributed by atoms with Gasteiger partial charge in [0.25, 0.3) is 0 Å². The van der Waals surface area contributed by atoms with Crippen LogP contribution < -0.4 is 0 Å². The summed E-state index contributed by atoms with van der Waals surface area (Å²) in [5, 5.41) is 0. The van der Waals surface area contributed by atoms with Gasteiger partial charge in [-0.2, -0.15) is 0 Å². The Hall–Kier alpha value is -7.51. The molecule has 66 heavy (non-hydrogen) atoms. The summed E-state index contributed by atoms with van der Waals surface area (Å²) in [4.78, 5) is 30.4. The number of aromatic nitrogens is 6. The molecule has 7 heteroatoms. The molecular formula is C59H47FN6. The largest absolute Gasteiger partial charge is 0.208 e. The second-order valence-electron chi connectivity index (χ2n) is 18.6.